The molecule has 0 aliphatic heterocycles. The Balaban J connectivity index is 1.52. The predicted molar refractivity (Wildman–Crippen MR) is 135 cm³/mol. The lowest BCUT2D eigenvalue weighted by atomic mass is 10.3. The molecule has 0 aliphatic rings. The van der Waals surface area contributed by atoms with Crippen LogP contribution in [0, 0.1) is 0 Å². The van der Waals surface area contributed by atoms with E-state index in [0.29, 0.717) is 21.6 Å². The van der Waals surface area contributed by atoms with Crippen LogP contribution in [0.1, 0.15) is 6.92 Å². The van der Waals surface area contributed by atoms with Crippen molar-refractivity contribution < 1.29 is 9.53 Å². The Morgan fingerprint density at radius 2 is 1.55 bits per heavy atom. The maximum Gasteiger partial charge on any atom is 0.237 e. The fraction of sp³-hybridized carbons (Fsp3) is 0.130. The minimum atomic E-state index is -0.291. The summed E-state index contributed by atoms with van der Waals surface area (Å²) >= 11 is 12.9. The lowest BCUT2D eigenvalue weighted by Crippen LogP contribution is -2.22. The van der Waals surface area contributed by atoms with Crippen LogP contribution in [-0.2, 0) is 4.79 Å². The number of benzene rings is 3. The number of rotatable bonds is 7. The molecule has 0 saturated heterocycles. The topological polar surface area (TPSA) is 62.4 Å². The van der Waals surface area contributed by atoms with Gasteiger partial charge >= 0.3 is 0 Å². The molecule has 3 aromatic rings. The van der Waals surface area contributed by atoms with E-state index in [4.69, 9.17) is 28.6 Å². The van der Waals surface area contributed by atoms with E-state index in [1.165, 1.54) is 11.8 Å². The average Bonchev–Trinajstić information content (AvgIpc) is 2.76. The van der Waals surface area contributed by atoms with Gasteiger partial charge in [0.15, 0.2) is 5.11 Å². The Morgan fingerprint density at radius 3 is 2.16 bits per heavy atom. The summed E-state index contributed by atoms with van der Waals surface area (Å²) in [5.41, 5.74) is 2.41. The van der Waals surface area contributed by atoms with Crippen LogP contribution in [0.25, 0.3) is 0 Å². The number of hydrogen-bond acceptors (Lipinski definition) is 4. The van der Waals surface area contributed by atoms with Crippen molar-refractivity contribution in [3.63, 3.8) is 0 Å². The molecule has 160 valence electrons. The van der Waals surface area contributed by atoms with Crippen molar-refractivity contribution in [1.29, 1.82) is 0 Å². The lowest BCUT2D eigenvalue weighted by Gasteiger charge is -2.14. The van der Waals surface area contributed by atoms with Crippen LogP contribution in [0.4, 0.5) is 17.1 Å². The zero-order chi connectivity index (χ0) is 22.2. The van der Waals surface area contributed by atoms with Crippen LogP contribution in [0.5, 0.6) is 5.75 Å². The van der Waals surface area contributed by atoms with Crippen LogP contribution in [0.15, 0.2) is 77.7 Å². The fourth-order valence-corrected chi connectivity index (χ4v) is 4.04. The zero-order valence-electron chi connectivity index (χ0n) is 17.0. The van der Waals surface area contributed by atoms with Crippen molar-refractivity contribution in [2.24, 2.45) is 0 Å². The van der Waals surface area contributed by atoms with Gasteiger partial charge in [0, 0.05) is 22.0 Å². The molecule has 0 bridgehead atoms. The third kappa shape index (κ3) is 6.89. The van der Waals surface area contributed by atoms with Crippen molar-refractivity contribution in [2.75, 3.05) is 23.1 Å². The third-order valence-electron chi connectivity index (χ3n) is 4.25. The van der Waals surface area contributed by atoms with Crippen molar-refractivity contribution in [1.82, 2.24) is 0 Å². The Hall–Kier alpha value is -2.74. The average molecular weight is 472 g/mol. The number of carbonyl (C=O) groups is 1. The SMILES string of the molecule is COc1ccc(NC(=O)C(C)Sc2ccc(NC(=S)Nc3ccccc3)cc2)cc1Cl. The van der Waals surface area contributed by atoms with Crippen molar-refractivity contribution in [3.8, 4) is 5.75 Å². The van der Waals surface area contributed by atoms with Gasteiger partial charge in [0.1, 0.15) is 5.75 Å². The van der Waals surface area contributed by atoms with Gasteiger partial charge in [0.25, 0.3) is 0 Å². The number of anilines is 3. The maximum absolute atomic E-state index is 12.5. The number of carbonyl (C=O) groups excluding carboxylic acids is 1. The molecule has 1 unspecified atom stereocenters. The van der Waals surface area contributed by atoms with Crippen molar-refractivity contribution in [3.05, 3.63) is 77.8 Å². The van der Waals surface area contributed by atoms with Gasteiger partial charge in [0.05, 0.1) is 17.4 Å². The summed E-state index contributed by atoms with van der Waals surface area (Å²) in [7, 11) is 1.55. The van der Waals surface area contributed by atoms with Gasteiger partial charge in [0.2, 0.25) is 5.91 Å². The van der Waals surface area contributed by atoms with Crippen molar-refractivity contribution >= 4 is 63.7 Å². The second kappa shape index (κ2) is 11.0. The second-order valence-corrected chi connectivity index (χ2v) is 8.80. The lowest BCUT2D eigenvalue weighted by molar-refractivity contribution is -0.115. The Bertz CT molecular complexity index is 1050. The molecular weight excluding hydrogens is 450 g/mol. The van der Waals surface area contributed by atoms with Crippen LogP contribution in [0.3, 0.4) is 0 Å². The number of para-hydroxylation sites is 1. The number of ether oxygens (including phenoxy) is 1. The Kier molecular flexibility index (Phi) is 8.17. The number of hydrogen-bond donors (Lipinski definition) is 3. The summed E-state index contributed by atoms with van der Waals surface area (Å²) < 4.78 is 5.13. The molecule has 5 nitrogen and oxygen atoms in total. The van der Waals surface area contributed by atoms with Crippen LogP contribution in [0.2, 0.25) is 5.02 Å². The summed E-state index contributed by atoms with van der Waals surface area (Å²) in [6.45, 7) is 1.86. The molecule has 3 N–H and O–H groups in total. The molecule has 3 aromatic carbocycles. The standard InChI is InChI=1S/C23H22ClN3O2S2/c1-15(22(28)25-18-10-13-21(29-2)20(24)14-18)31-19-11-8-17(9-12-19)27-23(30)26-16-6-4-3-5-7-16/h3-15H,1-2H3,(H,25,28)(H2,26,27,30). The van der Waals surface area contributed by atoms with Crippen LogP contribution in [-0.4, -0.2) is 23.4 Å². The minimum absolute atomic E-state index is 0.110. The fourth-order valence-electron chi connectivity index (χ4n) is 2.68. The molecule has 0 heterocycles. The van der Waals surface area contributed by atoms with Gasteiger partial charge in [-0.25, -0.2) is 0 Å². The smallest absolute Gasteiger partial charge is 0.237 e. The maximum atomic E-state index is 12.5. The highest BCUT2D eigenvalue weighted by molar-refractivity contribution is 8.00. The van der Waals surface area contributed by atoms with Gasteiger partial charge in [-0.3, -0.25) is 4.79 Å². The van der Waals surface area contributed by atoms with E-state index in [0.717, 1.165) is 16.3 Å². The molecule has 0 fully saturated rings. The summed E-state index contributed by atoms with van der Waals surface area (Å²) in [5.74, 6) is 0.455. The first-order valence-corrected chi connectivity index (χ1v) is 11.2. The molecule has 0 saturated carbocycles. The van der Waals surface area contributed by atoms with E-state index in [-0.39, 0.29) is 11.2 Å². The molecule has 0 aliphatic carbocycles. The van der Waals surface area contributed by atoms with E-state index in [1.54, 1.807) is 25.3 Å². The molecule has 1 amide bonds. The first-order valence-electron chi connectivity index (χ1n) is 9.49. The van der Waals surface area contributed by atoms with Gasteiger partial charge < -0.3 is 20.7 Å². The van der Waals surface area contributed by atoms with E-state index in [9.17, 15) is 4.79 Å². The summed E-state index contributed by atoms with van der Waals surface area (Å²) in [5, 5.41) is 9.83. The molecule has 0 spiro atoms. The quantitative estimate of drug-likeness (QED) is 0.278. The summed E-state index contributed by atoms with van der Waals surface area (Å²) in [4.78, 5) is 13.5. The number of nitrogens with one attached hydrogen (secondary N) is 3. The van der Waals surface area contributed by atoms with E-state index in [2.05, 4.69) is 16.0 Å². The first-order chi connectivity index (χ1) is 14.9. The number of thioether (sulfide) groups is 1. The zero-order valence-corrected chi connectivity index (χ0v) is 19.4. The van der Waals surface area contributed by atoms with E-state index in [1.807, 2.05) is 61.5 Å². The van der Waals surface area contributed by atoms with E-state index >= 15 is 0 Å². The Labute approximate surface area is 196 Å². The highest BCUT2D eigenvalue weighted by Gasteiger charge is 2.15. The second-order valence-electron chi connectivity index (χ2n) is 6.57. The third-order valence-corrected chi connectivity index (χ3v) is 5.86. The van der Waals surface area contributed by atoms with Crippen LogP contribution < -0.4 is 20.7 Å². The number of methoxy groups -OCH3 is 1. The molecule has 31 heavy (non-hydrogen) atoms. The van der Waals surface area contributed by atoms with E-state index < -0.39 is 0 Å². The van der Waals surface area contributed by atoms with Gasteiger partial charge in [-0.05, 0) is 73.7 Å². The monoisotopic (exact) mass is 471 g/mol. The van der Waals surface area contributed by atoms with Gasteiger partial charge in [-0.2, -0.15) is 0 Å². The summed E-state index contributed by atoms with van der Waals surface area (Å²) in [6, 6.07) is 22.6. The van der Waals surface area contributed by atoms with Crippen LogP contribution >= 0.6 is 35.6 Å². The Morgan fingerprint density at radius 1 is 0.935 bits per heavy atom. The number of thiocarbonyl (C=S) groups is 1. The normalized spacial score (nSPS) is 11.3. The molecule has 3 rings (SSSR count). The highest BCUT2D eigenvalue weighted by Crippen LogP contribution is 2.29. The molecule has 8 heteroatoms. The highest BCUT2D eigenvalue weighted by atomic mass is 35.5. The number of amides is 1. The number of halogens is 1. The minimum Gasteiger partial charge on any atom is -0.495 e. The van der Waals surface area contributed by atoms with Gasteiger partial charge in [-0.1, -0.05) is 29.8 Å². The first kappa shape index (κ1) is 22.9. The molecule has 0 radical (unpaired) electrons. The van der Waals surface area contributed by atoms with Crippen molar-refractivity contribution in [2.45, 2.75) is 17.1 Å². The summed E-state index contributed by atoms with van der Waals surface area (Å²) in [6.07, 6.45) is 0. The molecule has 1 atom stereocenters. The predicted octanol–water partition coefficient (Wildman–Crippen LogP) is 6.28. The molecular formula is C23H22ClN3O2S2. The molecule has 0 aromatic heterocycles. The van der Waals surface area contributed by atoms with Gasteiger partial charge in [-0.15, -0.1) is 11.8 Å². The largest absolute Gasteiger partial charge is 0.495 e.